The normalized spacial score (nSPS) is 43.1. The Labute approximate surface area is 217 Å². The van der Waals surface area contributed by atoms with Crippen LogP contribution in [0.3, 0.4) is 0 Å². The lowest BCUT2D eigenvalue weighted by Gasteiger charge is -2.60. The molecule has 0 amide bonds. The van der Waals surface area contributed by atoms with Crippen LogP contribution < -0.4 is 0 Å². The van der Waals surface area contributed by atoms with E-state index < -0.39 is 52.2 Å². The highest BCUT2D eigenvalue weighted by Crippen LogP contribution is 2.69. The molecule has 9 atom stereocenters. The first-order valence-corrected chi connectivity index (χ1v) is 13.5. The number of allylic oxidation sites excluding steroid dienone is 4. The van der Waals surface area contributed by atoms with Crippen LogP contribution in [-0.4, -0.2) is 52.3 Å². The molecular weight excluding hydrogens is 484 g/mol. The van der Waals surface area contributed by atoms with Crippen LogP contribution in [0, 0.1) is 34.5 Å². The van der Waals surface area contributed by atoms with Crippen LogP contribution in [0.25, 0.3) is 0 Å². The first-order chi connectivity index (χ1) is 16.9. The minimum absolute atomic E-state index is 0.0170. The van der Waals surface area contributed by atoms with Gasteiger partial charge in [-0.05, 0) is 30.8 Å². The van der Waals surface area contributed by atoms with Gasteiger partial charge in [0, 0.05) is 41.9 Å². The summed E-state index contributed by atoms with van der Waals surface area (Å²) in [4.78, 5) is 50.6. The number of hydrogen-bond acceptors (Lipinski definition) is 7. The van der Waals surface area contributed by atoms with Gasteiger partial charge in [-0.15, -0.1) is 11.6 Å². The number of ether oxygens (including phenoxy) is 2. The second kappa shape index (κ2) is 9.39. The predicted molar refractivity (Wildman–Crippen MR) is 133 cm³/mol. The van der Waals surface area contributed by atoms with Crippen molar-refractivity contribution in [2.75, 3.05) is 6.61 Å². The fourth-order valence-corrected chi connectivity index (χ4v) is 8.45. The summed E-state index contributed by atoms with van der Waals surface area (Å²) in [6.07, 6.45) is 5.90. The number of carbonyl (C=O) groups is 4. The first-order valence-electron chi connectivity index (χ1n) is 13.0. The molecule has 36 heavy (non-hydrogen) atoms. The first kappa shape index (κ1) is 27.1. The largest absolute Gasteiger partial charge is 0.457 e. The summed E-state index contributed by atoms with van der Waals surface area (Å²) in [5, 5.41) is 11.3. The number of carbonyl (C=O) groups excluding carboxylic acids is 4. The Hall–Kier alpha value is -1.99. The lowest BCUT2D eigenvalue weighted by Crippen LogP contribution is -2.65. The average molecular weight is 521 g/mol. The lowest BCUT2D eigenvalue weighted by molar-refractivity contribution is -0.204. The number of alkyl halides is 1. The number of halogens is 1. The van der Waals surface area contributed by atoms with Gasteiger partial charge in [0.2, 0.25) is 5.78 Å². The fourth-order valence-electron chi connectivity index (χ4n) is 7.97. The molecule has 4 rings (SSSR count). The van der Waals surface area contributed by atoms with Crippen LogP contribution in [0.5, 0.6) is 0 Å². The third-order valence-corrected chi connectivity index (χ3v) is 10.0. The third kappa shape index (κ3) is 3.80. The molecule has 4 aliphatic carbocycles. The quantitative estimate of drug-likeness (QED) is 0.321. The molecule has 0 saturated heterocycles. The molecular formula is C28H37ClO7. The van der Waals surface area contributed by atoms with Crippen LogP contribution in [-0.2, 0) is 28.7 Å². The molecule has 0 aromatic heterocycles. The highest BCUT2D eigenvalue weighted by molar-refractivity contribution is 6.22. The maximum absolute atomic E-state index is 13.9. The van der Waals surface area contributed by atoms with Crippen molar-refractivity contribution < 1.29 is 33.8 Å². The van der Waals surface area contributed by atoms with Crippen molar-refractivity contribution in [3.05, 3.63) is 23.8 Å². The molecule has 9 unspecified atom stereocenters. The molecule has 2 fully saturated rings. The number of Topliss-reactive ketones (excluding diaryl/α,β-unsaturated/α-hetero) is 1. The molecule has 8 heteroatoms. The van der Waals surface area contributed by atoms with E-state index in [0.29, 0.717) is 6.42 Å². The Morgan fingerprint density at radius 1 is 1.17 bits per heavy atom. The van der Waals surface area contributed by atoms with E-state index in [-0.39, 0.29) is 55.1 Å². The molecule has 0 aromatic rings. The van der Waals surface area contributed by atoms with Crippen LogP contribution in [0.4, 0.5) is 0 Å². The Bertz CT molecular complexity index is 1030. The van der Waals surface area contributed by atoms with Gasteiger partial charge in [-0.3, -0.25) is 19.2 Å². The average Bonchev–Trinajstić information content (AvgIpc) is 3.04. The molecule has 0 spiro atoms. The minimum Gasteiger partial charge on any atom is -0.457 e. The van der Waals surface area contributed by atoms with E-state index in [1.54, 1.807) is 19.9 Å². The van der Waals surface area contributed by atoms with Gasteiger partial charge >= 0.3 is 11.9 Å². The van der Waals surface area contributed by atoms with E-state index in [0.717, 1.165) is 5.57 Å². The SMILES string of the molecule is CCC(=O)OCC(=O)C1(OC(=O)CC)C(C)CC2C3C(Cl)C=C4CC(=O)C=CC4(C)C3C(O)CC21C. The van der Waals surface area contributed by atoms with E-state index in [4.69, 9.17) is 21.1 Å². The van der Waals surface area contributed by atoms with Crippen LogP contribution >= 0.6 is 11.6 Å². The zero-order valence-corrected chi connectivity index (χ0v) is 22.5. The second-order valence-corrected chi connectivity index (χ2v) is 11.9. The monoisotopic (exact) mass is 520 g/mol. The lowest BCUT2D eigenvalue weighted by atomic mass is 9.46. The van der Waals surface area contributed by atoms with Gasteiger partial charge in [0.25, 0.3) is 0 Å². The number of fused-ring (bicyclic) bond motifs is 5. The molecule has 198 valence electrons. The van der Waals surface area contributed by atoms with Gasteiger partial charge in [0.15, 0.2) is 18.0 Å². The topological polar surface area (TPSA) is 107 Å². The smallest absolute Gasteiger partial charge is 0.306 e. The van der Waals surface area contributed by atoms with Gasteiger partial charge < -0.3 is 14.6 Å². The van der Waals surface area contributed by atoms with Crippen LogP contribution in [0.15, 0.2) is 23.8 Å². The maximum atomic E-state index is 13.9. The summed E-state index contributed by atoms with van der Waals surface area (Å²) >= 11 is 7.00. The molecule has 4 aliphatic rings. The van der Waals surface area contributed by atoms with E-state index in [9.17, 15) is 24.3 Å². The maximum Gasteiger partial charge on any atom is 0.306 e. The molecule has 0 aliphatic heterocycles. The standard InChI is InChI=1S/C28H37ClO7/c1-6-22(33)35-14-21(32)28(36-23(34)7-2)15(3)10-18-24-19(29)12-16-11-17(30)8-9-26(16,4)25(24)20(31)13-27(18,28)5/h8-9,12,15,18-20,24-25,31H,6-7,10-11,13-14H2,1-5H3. The Kier molecular flexibility index (Phi) is 7.06. The molecule has 2 saturated carbocycles. The number of aliphatic hydroxyl groups is 1. The molecule has 0 radical (unpaired) electrons. The van der Waals surface area contributed by atoms with Gasteiger partial charge in [0.05, 0.1) is 11.5 Å². The number of hydrogen-bond donors (Lipinski definition) is 1. The molecule has 1 N–H and O–H groups in total. The number of ketones is 2. The van der Waals surface area contributed by atoms with E-state index >= 15 is 0 Å². The highest BCUT2D eigenvalue weighted by Gasteiger charge is 2.73. The number of aliphatic hydroxyl groups excluding tert-OH is 1. The van der Waals surface area contributed by atoms with Crippen molar-refractivity contribution in [3.63, 3.8) is 0 Å². The summed E-state index contributed by atoms with van der Waals surface area (Å²) in [6.45, 7) is 8.68. The van der Waals surface area contributed by atoms with E-state index in [1.165, 1.54) is 0 Å². The molecule has 0 aromatic carbocycles. The second-order valence-electron chi connectivity index (χ2n) is 11.4. The zero-order valence-electron chi connectivity index (χ0n) is 21.7. The number of esters is 2. The summed E-state index contributed by atoms with van der Waals surface area (Å²) in [5.41, 5.74) is -2.07. The zero-order chi connectivity index (χ0) is 26.6. The van der Waals surface area contributed by atoms with Crippen molar-refractivity contribution in [2.45, 2.75) is 83.8 Å². The van der Waals surface area contributed by atoms with Crippen molar-refractivity contribution in [1.29, 1.82) is 0 Å². The summed E-state index contributed by atoms with van der Waals surface area (Å²) in [6, 6.07) is 0. The van der Waals surface area contributed by atoms with Gasteiger partial charge in [-0.2, -0.15) is 0 Å². The minimum atomic E-state index is -1.55. The van der Waals surface area contributed by atoms with E-state index in [2.05, 4.69) is 0 Å². The van der Waals surface area contributed by atoms with Crippen LogP contribution in [0.1, 0.15) is 66.7 Å². The van der Waals surface area contributed by atoms with Crippen molar-refractivity contribution >= 4 is 35.1 Å². The molecule has 0 heterocycles. The van der Waals surface area contributed by atoms with Crippen molar-refractivity contribution in [1.82, 2.24) is 0 Å². The third-order valence-electron chi connectivity index (χ3n) is 9.62. The Morgan fingerprint density at radius 2 is 1.83 bits per heavy atom. The molecule has 0 bridgehead atoms. The summed E-state index contributed by atoms with van der Waals surface area (Å²) in [5.74, 6) is -2.42. The van der Waals surface area contributed by atoms with Gasteiger partial charge in [0.1, 0.15) is 0 Å². The van der Waals surface area contributed by atoms with Crippen LogP contribution in [0.2, 0.25) is 0 Å². The van der Waals surface area contributed by atoms with Crippen molar-refractivity contribution in [3.8, 4) is 0 Å². The molecule has 7 nitrogen and oxygen atoms in total. The highest BCUT2D eigenvalue weighted by atomic mass is 35.5. The van der Waals surface area contributed by atoms with Gasteiger partial charge in [-0.1, -0.05) is 52.3 Å². The predicted octanol–water partition coefficient (Wildman–Crippen LogP) is 3.94. The Morgan fingerprint density at radius 3 is 2.47 bits per heavy atom. The Balaban J connectivity index is 1.80. The fraction of sp³-hybridized carbons (Fsp3) is 0.714. The van der Waals surface area contributed by atoms with E-state index in [1.807, 2.05) is 32.9 Å². The summed E-state index contributed by atoms with van der Waals surface area (Å²) < 4.78 is 11.3. The number of rotatable bonds is 6. The van der Waals surface area contributed by atoms with Gasteiger partial charge in [-0.25, -0.2) is 0 Å². The summed E-state index contributed by atoms with van der Waals surface area (Å²) in [7, 11) is 0. The van der Waals surface area contributed by atoms with Crippen molar-refractivity contribution in [2.24, 2.45) is 34.5 Å².